The first-order valence-corrected chi connectivity index (χ1v) is 11.5. The molecule has 1 aromatic carbocycles. The van der Waals surface area contributed by atoms with Gasteiger partial charge < -0.3 is 9.84 Å². The lowest BCUT2D eigenvalue weighted by atomic mass is 9.55. The predicted molar refractivity (Wildman–Crippen MR) is 114 cm³/mol. The van der Waals surface area contributed by atoms with Crippen molar-refractivity contribution < 1.29 is 19.4 Å². The molecule has 0 spiro atoms. The monoisotopic (exact) mass is 408 g/mol. The summed E-state index contributed by atoms with van der Waals surface area (Å²) >= 11 is 0. The van der Waals surface area contributed by atoms with E-state index in [9.17, 15) is 14.7 Å². The van der Waals surface area contributed by atoms with Crippen molar-refractivity contribution in [2.45, 2.75) is 77.6 Å². The molecular weight excluding hydrogens is 376 g/mol. The summed E-state index contributed by atoms with van der Waals surface area (Å²) in [5.41, 5.74) is 4.12. The van der Waals surface area contributed by atoms with Gasteiger partial charge in [-0.3, -0.25) is 9.59 Å². The topological polar surface area (TPSA) is 63.6 Å². The summed E-state index contributed by atoms with van der Waals surface area (Å²) in [6.07, 6.45) is 5.73. The van der Waals surface area contributed by atoms with Crippen LogP contribution in [0.25, 0.3) is 0 Å². The van der Waals surface area contributed by atoms with Gasteiger partial charge in [-0.15, -0.1) is 0 Å². The fourth-order valence-electron chi connectivity index (χ4n) is 7.30. The van der Waals surface area contributed by atoms with Gasteiger partial charge >= 0.3 is 5.97 Å². The Morgan fingerprint density at radius 1 is 1.17 bits per heavy atom. The van der Waals surface area contributed by atoms with Crippen molar-refractivity contribution >= 4 is 11.8 Å². The van der Waals surface area contributed by atoms with Gasteiger partial charge in [-0.25, -0.2) is 0 Å². The molecule has 0 radical (unpaired) electrons. The van der Waals surface area contributed by atoms with Crippen LogP contribution in [0.3, 0.4) is 0 Å². The number of phenolic OH excluding ortho intramolecular Hbond substituents is 1. The minimum atomic E-state index is -0.894. The zero-order chi connectivity index (χ0) is 21.4. The number of ether oxygens (including phenoxy) is 1. The molecule has 160 valence electrons. The van der Waals surface area contributed by atoms with Crippen LogP contribution in [0, 0.1) is 17.3 Å². The first-order chi connectivity index (χ1) is 14.3. The molecule has 4 aliphatic carbocycles. The van der Waals surface area contributed by atoms with Gasteiger partial charge in [0.1, 0.15) is 16.9 Å². The van der Waals surface area contributed by atoms with Crippen molar-refractivity contribution in [2.24, 2.45) is 17.3 Å². The number of phenols is 1. The Bertz CT molecular complexity index is 975. The summed E-state index contributed by atoms with van der Waals surface area (Å²) in [5, 5.41) is 10.9. The highest BCUT2D eigenvalue weighted by molar-refractivity contribution is 5.99. The first-order valence-electron chi connectivity index (χ1n) is 11.5. The number of aromatic hydroxyl groups is 1. The number of Topliss-reactive ketones (excluding diaryl/α,β-unsaturated/α-hetero) is 1. The van der Waals surface area contributed by atoms with E-state index in [4.69, 9.17) is 4.74 Å². The molecule has 0 heterocycles. The lowest BCUT2D eigenvalue weighted by molar-refractivity contribution is -0.145. The fourth-order valence-corrected chi connectivity index (χ4v) is 7.30. The standard InChI is InChI=1S/C26H32O4/c1-5-30-24(29)26(14(2)15(26)3)21-13-19-16(12-22(21)27)6-7-18-17(19)10-11-25(4)20(18)8-9-23(25)28/h12-13,17-18,20,27H,5-11H2,1-4H3. The van der Waals surface area contributed by atoms with Crippen LogP contribution < -0.4 is 0 Å². The molecule has 0 bridgehead atoms. The Balaban J connectivity index is 1.56. The van der Waals surface area contributed by atoms with E-state index in [0.29, 0.717) is 35.7 Å². The van der Waals surface area contributed by atoms with Crippen LogP contribution in [0.4, 0.5) is 0 Å². The maximum Gasteiger partial charge on any atom is 0.325 e. The molecule has 4 atom stereocenters. The van der Waals surface area contributed by atoms with Crippen molar-refractivity contribution in [3.63, 3.8) is 0 Å². The molecule has 4 aliphatic rings. The first kappa shape index (κ1) is 19.8. The number of carbonyl (C=O) groups excluding carboxylic acids is 2. The minimum Gasteiger partial charge on any atom is -0.508 e. The number of fused-ring (bicyclic) bond motifs is 5. The van der Waals surface area contributed by atoms with Crippen molar-refractivity contribution in [1.82, 2.24) is 0 Å². The lowest BCUT2D eigenvalue weighted by Crippen LogP contribution is -2.42. The molecule has 5 rings (SSSR count). The van der Waals surface area contributed by atoms with Gasteiger partial charge in [-0.1, -0.05) is 6.92 Å². The number of aryl methyl sites for hydroxylation is 1. The Hall–Kier alpha value is -2.10. The molecular formula is C26H32O4. The largest absolute Gasteiger partial charge is 0.508 e. The second kappa shape index (κ2) is 6.45. The third kappa shape index (κ3) is 2.34. The Morgan fingerprint density at radius 3 is 2.57 bits per heavy atom. The summed E-state index contributed by atoms with van der Waals surface area (Å²) in [5.74, 6) is 1.78. The number of ketones is 1. The molecule has 2 saturated carbocycles. The molecule has 0 amide bonds. The van der Waals surface area contributed by atoms with Gasteiger partial charge in [0, 0.05) is 17.4 Å². The SMILES string of the molecule is CCOC(=O)C1(c2cc3c(cc2O)CCC2C3CCC3(C)C(=O)CCC23)C(C)=C1C. The second-order valence-corrected chi connectivity index (χ2v) is 10.1. The van der Waals surface area contributed by atoms with Crippen molar-refractivity contribution in [2.75, 3.05) is 6.61 Å². The fraction of sp³-hybridized carbons (Fsp3) is 0.615. The number of benzene rings is 1. The molecule has 1 aromatic rings. The molecule has 0 saturated heterocycles. The van der Waals surface area contributed by atoms with E-state index in [1.165, 1.54) is 11.1 Å². The van der Waals surface area contributed by atoms with E-state index >= 15 is 0 Å². The summed E-state index contributed by atoms with van der Waals surface area (Å²) in [6, 6.07) is 4.01. The average Bonchev–Trinajstić information content (AvgIpc) is 3.11. The zero-order valence-corrected chi connectivity index (χ0v) is 18.5. The van der Waals surface area contributed by atoms with Gasteiger partial charge in [0.15, 0.2) is 0 Å². The van der Waals surface area contributed by atoms with Crippen LogP contribution in [0.5, 0.6) is 5.75 Å². The van der Waals surface area contributed by atoms with E-state index in [0.717, 1.165) is 49.7 Å². The highest BCUT2D eigenvalue weighted by Gasteiger charge is 2.59. The zero-order valence-electron chi connectivity index (χ0n) is 18.5. The van der Waals surface area contributed by atoms with Crippen LogP contribution >= 0.6 is 0 Å². The van der Waals surface area contributed by atoms with Gasteiger partial charge in [-0.2, -0.15) is 0 Å². The number of hydrogen-bond acceptors (Lipinski definition) is 4. The number of rotatable bonds is 3. The van der Waals surface area contributed by atoms with Gasteiger partial charge in [-0.05, 0) is 105 Å². The highest BCUT2D eigenvalue weighted by atomic mass is 16.5. The Kier molecular flexibility index (Phi) is 4.26. The molecule has 4 heteroatoms. The van der Waals surface area contributed by atoms with Gasteiger partial charge in [0.05, 0.1) is 6.61 Å². The minimum absolute atomic E-state index is 0.143. The highest BCUT2D eigenvalue weighted by Crippen LogP contribution is 2.62. The van der Waals surface area contributed by atoms with Crippen LogP contribution in [-0.2, 0) is 26.2 Å². The van der Waals surface area contributed by atoms with E-state index in [1.54, 1.807) is 0 Å². The summed E-state index contributed by atoms with van der Waals surface area (Å²) in [4.78, 5) is 25.6. The van der Waals surface area contributed by atoms with E-state index in [1.807, 2.05) is 26.8 Å². The molecule has 0 aliphatic heterocycles. The average molecular weight is 409 g/mol. The summed E-state index contributed by atoms with van der Waals surface area (Å²) < 4.78 is 5.42. The number of esters is 1. The molecule has 0 aromatic heterocycles. The molecule has 1 N–H and O–H groups in total. The van der Waals surface area contributed by atoms with E-state index in [-0.39, 0.29) is 17.1 Å². The number of carbonyl (C=O) groups is 2. The van der Waals surface area contributed by atoms with Gasteiger partial charge in [0.2, 0.25) is 0 Å². The molecule has 2 fully saturated rings. The second-order valence-electron chi connectivity index (χ2n) is 10.1. The Labute approximate surface area is 178 Å². The quantitative estimate of drug-likeness (QED) is 0.567. The molecule has 30 heavy (non-hydrogen) atoms. The van der Waals surface area contributed by atoms with Crippen LogP contribution in [-0.4, -0.2) is 23.5 Å². The lowest BCUT2D eigenvalue weighted by Gasteiger charge is -2.48. The van der Waals surface area contributed by atoms with Crippen LogP contribution in [0.1, 0.15) is 82.4 Å². The third-order valence-electron chi connectivity index (χ3n) is 9.16. The summed E-state index contributed by atoms with van der Waals surface area (Å²) in [7, 11) is 0. The third-order valence-corrected chi connectivity index (χ3v) is 9.16. The maximum atomic E-state index is 13.0. The van der Waals surface area contributed by atoms with E-state index in [2.05, 4.69) is 13.0 Å². The van der Waals surface area contributed by atoms with E-state index < -0.39 is 5.41 Å². The van der Waals surface area contributed by atoms with Crippen molar-refractivity contribution in [3.8, 4) is 5.75 Å². The van der Waals surface area contributed by atoms with Crippen molar-refractivity contribution in [1.29, 1.82) is 0 Å². The van der Waals surface area contributed by atoms with Crippen LogP contribution in [0.15, 0.2) is 23.3 Å². The maximum absolute atomic E-state index is 13.0. The summed E-state index contributed by atoms with van der Waals surface area (Å²) in [6.45, 7) is 8.26. The van der Waals surface area contributed by atoms with Crippen molar-refractivity contribution in [3.05, 3.63) is 40.0 Å². The smallest absolute Gasteiger partial charge is 0.325 e. The Morgan fingerprint density at radius 2 is 1.90 bits per heavy atom. The molecule has 4 nitrogen and oxygen atoms in total. The predicted octanol–water partition coefficient (Wildman–Crippen LogP) is 4.97. The molecule has 4 unspecified atom stereocenters. The van der Waals surface area contributed by atoms with Gasteiger partial charge in [0.25, 0.3) is 0 Å². The normalized spacial score (nSPS) is 33.6. The number of hydrogen-bond donors (Lipinski definition) is 1. The van der Waals surface area contributed by atoms with Crippen LogP contribution in [0.2, 0.25) is 0 Å².